The van der Waals surface area contributed by atoms with Crippen LogP contribution in [0.1, 0.15) is 40.0 Å². The fourth-order valence-electron chi connectivity index (χ4n) is 2.44. The third-order valence-corrected chi connectivity index (χ3v) is 4.07. The van der Waals surface area contributed by atoms with Gasteiger partial charge in [-0.15, -0.1) is 0 Å². The largest absolute Gasteiger partial charge is 0.399 e. The molecule has 0 atom stereocenters. The Morgan fingerprint density at radius 3 is 2.42 bits per heavy atom. The quantitative estimate of drug-likeness (QED) is 0.804. The van der Waals surface area contributed by atoms with Crippen LogP contribution in [0.5, 0.6) is 0 Å². The fourth-order valence-corrected chi connectivity index (χ4v) is 2.44. The summed E-state index contributed by atoms with van der Waals surface area (Å²) in [7, 11) is 0. The molecule has 0 aliphatic heterocycles. The van der Waals surface area contributed by atoms with Gasteiger partial charge in [0, 0.05) is 16.6 Å². The summed E-state index contributed by atoms with van der Waals surface area (Å²) in [5.41, 5.74) is 7.62. The van der Waals surface area contributed by atoms with Gasteiger partial charge in [-0.05, 0) is 37.5 Å². The van der Waals surface area contributed by atoms with E-state index in [4.69, 9.17) is 5.73 Å². The number of nitrogens with zero attached hydrogens (tertiary/aromatic N) is 2. The highest BCUT2D eigenvalue weighted by Crippen LogP contribution is 2.29. The molecule has 0 aliphatic carbocycles. The topological polar surface area (TPSA) is 63.8 Å². The lowest BCUT2D eigenvalue weighted by atomic mass is 9.89. The number of nitrogens with two attached hydrogens (primary N) is 1. The Bertz CT molecular complexity index is 553. The Kier molecular flexibility index (Phi) is 3.88. The number of fused-ring (bicyclic) bond motifs is 1. The van der Waals surface area contributed by atoms with E-state index in [-0.39, 0.29) is 5.54 Å². The summed E-state index contributed by atoms with van der Waals surface area (Å²) < 4.78 is 0. The number of rotatable bonds is 5. The van der Waals surface area contributed by atoms with Gasteiger partial charge in [-0.25, -0.2) is 9.97 Å². The molecule has 0 radical (unpaired) electrons. The molecule has 0 saturated carbocycles. The van der Waals surface area contributed by atoms with E-state index >= 15 is 0 Å². The maximum absolute atomic E-state index is 5.87. The second-order valence-electron chi connectivity index (χ2n) is 4.96. The van der Waals surface area contributed by atoms with E-state index in [0.717, 1.165) is 41.7 Å². The van der Waals surface area contributed by atoms with Crippen LogP contribution < -0.4 is 11.1 Å². The van der Waals surface area contributed by atoms with Gasteiger partial charge in [0.25, 0.3) is 0 Å². The molecule has 0 bridgehead atoms. The van der Waals surface area contributed by atoms with E-state index < -0.39 is 0 Å². The molecule has 0 saturated heterocycles. The van der Waals surface area contributed by atoms with Gasteiger partial charge in [-0.3, -0.25) is 0 Å². The van der Waals surface area contributed by atoms with Gasteiger partial charge in [0.1, 0.15) is 12.1 Å². The molecule has 0 fully saturated rings. The molecule has 102 valence electrons. The molecule has 2 aromatic rings. The lowest BCUT2D eigenvalue weighted by Gasteiger charge is -2.32. The van der Waals surface area contributed by atoms with Crippen molar-refractivity contribution in [2.75, 3.05) is 11.1 Å². The molecule has 0 amide bonds. The molecular weight excluding hydrogens is 236 g/mol. The zero-order valence-electron chi connectivity index (χ0n) is 11.9. The minimum atomic E-state index is 0.0892. The zero-order chi connectivity index (χ0) is 13.9. The Morgan fingerprint density at radius 1 is 1.11 bits per heavy atom. The smallest absolute Gasteiger partial charge is 0.137 e. The lowest BCUT2D eigenvalue weighted by Crippen LogP contribution is -2.36. The Labute approximate surface area is 114 Å². The van der Waals surface area contributed by atoms with Gasteiger partial charge in [0.2, 0.25) is 0 Å². The molecular formula is C15H22N4. The SMILES string of the molecule is CCC(CC)(CC)Nc1ncnc2ccc(N)cc12. The van der Waals surface area contributed by atoms with Crippen molar-refractivity contribution in [2.24, 2.45) is 0 Å². The minimum Gasteiger partial charge on any atom is -0.399 e. The molecule has 2 rings (SSSR count). The minimum absolute atomic E-state index is 0.0892. The summed E-state index contributed by atoms with van der Waals surface area (Å²) in [5.74, 6) is 0.878. The second-order valence-corrected chi connectivity index (χ2v) is 4.96. The molecule has 0 aliphatic rings. The lowest BCUT2D eigenvalue weighted by molar-refractivity contribution is 0.419. The standard InChI is InChI=1S/C15H22N4/c1-4-15(5-2,6-3)19-14-12-9-11(16)7-8-13(12)17-10-18-14/h7-10H,4-6,16H2,1-3H3,(H,17,18,19). The molecule has 4 heteroatoms. The molecule has 1 aromatic heterocycles. The molecule has 4 nitrogen and oxygen atoms in total. The van der Waals surface area contributed by atoms with Crippen LogP contribution >= 0.6 is 0 Å². The number of benzene rings is 1. The van der Waals surface area contributed by atoms with Crippen LogP contribution in [0.4, 0.5) is 11.5 Å². The molecule has 19 heavy (non-hydrogen) atoms. The highest BCUT2D eigenvalue weighted by Gasteiger charge is 2.24. The average molecular weight is 258 g/mol. The van der Waals surface area contributed by atoms with E-state index in [2.05, 4.69) is 36.1 Å². The van der Waals surface area contributed by atoms with Crippen LogP contribution in [-0.4, -0.2) is 15.5 Å². The summed E-state index contributed by atoms with van der Waals surface area (Å²) >= 11 is 0. The first-order valence-corrected chi connectivity index (χ1v) is 6.92. The number of anilines is 2. The van der Waals surface area contributed by atoms with Crippen molar-refractivity contribution < 1.29 is 0 Å². The van der Waals surface area contributed by atoms with Crippen LogP contribution in [0.15, 0.2) is 24.5 Å². The van der Waals surface area contributed by atoms with Crippen LogP contribution in [-0.2, 0) is 0 Å². The van der Waals surface area contributed by atoms with Crippen molar-refractivity contribution in [3.8, 4) is 0 Å². The van der Waals surface area contributed by atoms with Gasteiger partial charge in [0.05, 0.1) is 5.52 Å². The molecule has 1 heterocycles. The summed E-state index contributed by atoms with van der Waals surface area (Å²) in [6.07, 6.45) is 4.79. The maximum atomic E-state index is 5.87. The summed E-state index contributed by atoms with van der Waals surface area (Å²) in [6, 6.07) is 5.73. The predicted molar refractivity (Wildman–Crippen MR) is 81.2 cm³/mol. The first-order valence-electron chi connectivity index (χ1n) is 6.92. The highest BCUT2D eigenvalue weighted by atomic mass is 15.1. The Morgan fingerprint density at radius 2 is 1.79 bits per heavy atom. The number of nitrogens with one attached hydrogen (secondary N) is 1. The van der Waals surface area contributed by atoms with Gasteiger partial charge in [0.15, 0.2) is 0 Å². The maximum Gasteiger partial charge on any atom is 0.137 e. The van der Waals surface area contributed by atoms with Gasteiger partial charge >= 0.3 is 0 Å². The first kappa shape index (κ1) is 13.6. The van der Waals surface area contributed by atoms with Crippen molar-refractivity contribution in [1.82, 2.24) is 9.97 Å². The summed E-state index contributed by atoms with van der Waals surface area (Å²) in [6.45, 7) is 6.62. The number of aromatic nitrogens is 2. The van der Waals surface area contributed by atoms with E-state index in [1.54, 1.807) is 6.33 Å². The molecule has 0 unspecified atom stereocenters. The highest BCUT2D eigenvalue weighted by molar-refractivity contribution is 5.91. The van der Waals surface area contributed by atoms with E-state index in [1.165, 1.54) is 0 Å². The van der Waals surface area contributed by atoms with Crippen LogP contribution in [0.2, 0.25) is 0 Å². The number of hydrogen-bond donors (Lipinski definition) is 2. The fraction of sp³-hybridized carbons (Fsp3) is 0.467. The Balaban J connectivity index is 2.47. The summed E-state index contributed by atoms with van der Waals surface area (Å²) in [5, 5.41) is 4.59. The molecule has 1 aromatic carbocycles. The first-order chi connectivity index (χ1) is 9.14. The second kappa shape index (κ2) is 5.43. The van der Waals surface area contributed by atoms with Crippen LogP contribution in [0, 0.1) is 0 Å². The van der Waals surface area contributed by atoms with Crippen molar-refractivity contribution in [2.45, 2.75) is 45.6 Å². The van der Waals surface area contributed by atoms with Crippen molar-refractivity contribution >= 4 is 22.4 Å². The predicted octanol–water partition coefficient (Wildman–Crippen LogP) is 3.59. The van der Waals surface area contributed by atoms with Gasteiger partial charge < -0.3 is 11.1 Å². The Hall–Kier alpha value is -1.84. The van der Waals surface area contributed by atoms with Crippen LogP contribution in [0.25, 0.3) is 10.9 Å². The average Bonchev–Trinajstić information content (AvgIpc) is 2.45. The van der Waals surface area contributed by atoms with E-state index in [0.29, 0.717) is 0 Å². The van der Waals surface area contributed by atoms with Crippen molar-refractivity contribution in [1.29, 1.82) is 0 Å². The van der Waals surface area contributed by atoms with Crippen molar-refractivity contribution in [3.63, 3.8) is 0 Å². The third kappa shape index (κ3) is 2.62. The number of nitrogen functional groups attached to an aromatic ring is 1. The van der Waals surface area contributed by atoms with Gasteiger partial charge in [-0.2, -0.15) is 0 Å². The van der Waals surface area contributed by atoms with E-state index in [1.807, 2.05) is 18.2 Å². The number of hydrogen-bond acceptors (Lipinski definition) is 4. The monoisotopic (exact) mass is 258 g/mol. The molecule has 0 spiro atoms. The van der Waals surface area contributed by atoms with Crippen molar-refractivity contribution in [3.05, 3.63) is 24.5 Å². The molecule has 3 N–H and O–H groups in total. The summed E-state index contributed by atoms with van der Waals surface area (Å²) in [4.78, 5) is 8.68. The normalized spacial score (nSPS) is 11.7. The van der Waals surface area contributed by atoms with E-state index in [9.17, 15) is 0 Å². The third-order valence-electron chi connectivity index (χ3n) is 4.07. The van der Waals surface area contributed by atoms with Gasteiger partial charge in [-0.1, -0.05) is 20.8 Å². The zero-order valence-corrected chi connectivity index (χ0v) is 11.9. The van der Waals surface area contributed by atoms with Crippen LogP contribution in [0.3, 0.4) is 0 Å².